The van der Waals surface area contributed by atoms with E-state index in [2.05, 4.69) is 6.92 Å². The molecule has 4 heteroatoms. The van der Waals surface area contributed by atoms with Gasteiger partial charge in [-0.3, -0.25) is 4.79 Å². The normalized spacial score (nSPS) is 10.9. The van der Waals surface area contributed by atoms with Crippen LogP contribution in [0.15, 0.2) is 6.07 Å². The standard InChI is InChI=1S/C28H48O4/c1-5-6-7-8-9-10-11-12-13-14-15-16-17-18-19-20-21-25-26(30-2)22-24(23-29)27(31-3)28(25)32-4/h22-23H,5-21H2,1-4H3. The van der Waals surface area contributed by atoms with E-state index in [1.54, 1.807) is 27.4 Å². The van der Waals surface area contributed by atoms with Gasteiger partial charge in [0.15, 0.2) is 17.8 Å². The molecule has 0 spiro atoms. The highest BCUT2D eigenvalue weighted by Gasteiger charge is 2.19. The second kappa shape index (κ2) is 18.8. The zero-order chi connectivity index (χ0) is 23.4. The van der Waals surface area contributed by atoms with Crippen LogP contribution in [-0.2, 0) is 6.42 Å². The van der Waals surface area contributed by atoms with Gasteiger partial charge in [0.1, 0.15) is 5.75 Å². The third-order valence-corrected chi connectivity index (χ3v) is 6.36. The molecule has 0 aliphatic rings. The van der Waals surface area contributed by atoms with Crippen LogP contribution in [0, 0.1) is 0 Å². The third-order valence-electron chi connectivity index (χ3n) is 6.36. The average Bonchev–Trinajstić information content (AvgIpc) is 2.82. The Balaban J connectivity index is 2.15. The number of aldehydes is 1. The van der Waals surface area contributed by atoms with Crippen molar-refractivity contribution < 1.29 is 19.0 Å². The van der Waals surface area contributed by atoms with E-state index in [0.29, 0.717) is 22.8 Å². The number of carbonyl (C=O) groups is 1. The molecule has 1 aromatic rings. The summed E-state index contributed by atoms with van der Waals surface area (Å²) in [5.41, 5.74) is 1.44. The quantitative estimate of drug-likeness (QED) is 0.140. The van der Waals surface area contributed by atoms with Gasteiger partial charge < -0.3 is 14.2 Å². The Morgan fingerprint density at radius 1 is 0.625 bits per heavy atom. The lowest BCUT2D eigenvalue weighted by Gasteiger charge is -2.18. The van der Waals surface area contributed by atoms with Gasteiger partial charge in [-0.2, -0.15) is 0 Å². The van der Waals surface area contributed by atoms with Crippen LogP contribution in [0.4, 0.5) is 0 Å². The zero-order valence-corrected chi connectivity index (χ0v) is 21.3. The van der Waals surface area contributed by atoms with Gasteiger partial charge in [-0.15, -0.1) is 0 Å². The summed E-state index contributed by atoms with van der Waals surface area (Å²) < 4.78 is 16.5. The summed E-state index contributed by atoms with van der Waals surface area (Å²) in [6.45, 7) is 2.28. The zero-order valence-electron chi connectivity index (χ0n) is 21.3. The predicted octanol–water partition coefficient (Wildman–Crippen LogP) is 8.33. The van der Waals surface area contributed by atoms with E-state index in [-0.39, 0.29) is 0 Å². The first-order valence-corrected chi connectivity index (χ1v) is 13.0. The van der Waals surface area contributed by atoms with Gasteiger partial charge in [0.25, 0.3) is 0 Å². The van der Waals surface area contributed by atoms with Crippen molar-refractivity contribution in [1.82, 2.24) is 0 Å². The van der Waals surface area contributed by atoms with E-state index < -0.39 is 0 Å². The number of ether oxygens (including phenoxy) is 3. The first kappa shape index (κ1) is 28.3. The van der Waals surface area contributed by atoms with Crippen molar-refractivity contribution in [2.24, 2.45) is 0 Å². The summed E-state index contributed by atoms with van der Waals surface area (Å²) in [5.74, 6) is 1.82. The Bertz CT molecular complexity index is 612. The molecule has 0 saturated carbocycles. The molecule has 0 N–H and O–H groups in total. The lowest BCUT2D eigenvalue weighted by molar-refractivity contribution is 0.111. The number of unbranched alkanes of at least 4 members (excludes halogenated alkanes) is 15. The molecule has 0 aliphatic heterocycles. The molecule has 0 atom stereocenters. The Kier molecular flexibility index (Phi) is 16.7. The van der Waals surface area contributed by atoms with Crippen molar-refractivity contribution in [3.05, 3.63) is 17.2 Å². The van der Waals surface area contributed by atoms with Crippen molar-refractivity contribution in [3.63, 3.8) is 0 Å². The highest BCUT2D eigenvalue weighted by Crippen LogP contribution is 2.41. The maximum absolute atomic E-state index is 11.4. The largest absolute Gasteiger partial charge is 0.496 e. The second-order valence-electron chi connectivity index (χ2n) is 8.88. The molecule has 0 aromatic heterocycles. The molecule has 0 radical (unpaired) electrons. The highest BCUT2D eigenvalue weighted by atomic mass is 16.5. The van der Waals surface area contributed by atoms with Crippen LogP contribution in [0.3, 0.4) is 0 Å². The van der Waals surface area contributed by atoms with E-state index >= 15 is 0 Å². The topological polar surface area (TPSA) is 44.8 Å². The molecule has 0 amide bonds. The SMILES string of the molecule is CCCCCCCCCCCCCCCCCCc1c(OC)cc(C=O)c(OC)c1OC. The summed E-state index contributed by atoms with van der Waals surface area (Å²) in [6, 6.07) is 1.75. The number of hydrogen-bond donors (Lipinski definition) is 0. The Labute approximate surface area is 197 Å². The fourth-order valence-corrected chi connectivity index (χ4v) is 4.46. The summed E-state index contributed by atoms with van der Waals surface area (Å²) in [7, 11) is 4.81. The molecule has 0 saturated heterocycles. The highest BCUT2D eigenvalue weighted by molar-refractivity contribution is 5.83. The van der Waals surface area contributed by atoms with Crippen LogP contribution < -0.4 is 14.2 Å². The minimum Gasteiger partial charge on any atom is -0.496 e. The summed E-state index contributed by atoms with van der Waals surface area (Å²) >= 11 is 0. The smallest absolute Gasteiger partial charge is 0.171 e. The molecule has 0 bridgehead atoms. The molecule has 0 fully saturated rings. The fraction of sp³-hybridized carbons (Fsp3) is 0.750. The van der Waals surface area contributed by atoms with Crippen molar-refractivity contribution >= 4 is 6.29 Å². The number of methoxy groups -OCH3 is 3. The first-order chi connectivity index (χ1) is 15.7. The summed E-state index contributed by atoms with van der Waals surface area (Å²) in [4.78, 5) is 11.4. The second-order valence-corrected chi connectivity index (χ2v) is 8.88. The maximum atomic E-state index is 11.4. The molecular formula is C28H48O4. The lowest BCUT2D eigenvalue weighted by atomic mass is 10.00. The molecule has 0 unspecified atom stereocenters. The van der Waals surface area contributed by atoms with Crippen LogP contribution in [0.5, 0.6) is 17.2 Å². The minimum absolute atomic E-state index is 0.455. The molecular weight excluding hydrogens is 400 g/mol. The van der Waals surface area contributed by atoms with Crippen LogP contribution in [0.25, 0.3) is 0 Å². The number of benzene rings is 1. The van der Waals surface area contributed by atoms with Gasteiger partial charge in [0.2, 0.25) is 0 Å². The van der Waals surface area contributed by atoms with Gasteiger partial charge in [0, 0.05) is 5.56 Å². The van der Waals surface area contributed by atoms with Crippen molar-refractivity contribution in [3.8, 4) is 17.2 Å². The minimum atomic E-state index is 0.455. The van der Waals surface area contributed by atoms with E-state index in [4.69, 9.17) is 14.2 Å². The predicted molar refractivity (Wildman–Crippen MR) is 135 cm³/mol. The summed E-state index contributed by atoms with van der Waals surface area (Å²) in [5, 5.41) is 0. The van der Waals surface area contributed by atoms with Gasteiger partial charge in [0.05, 0.1) is 26.9 Å². The number of rotatable bonds is 21. The fourth-order valence-electron chi connectivity index (χ4n) is 4.46. The van der Waals surface area contributed by atoms with Gasteiger partial charge in [-0.25, -0.2) is 0 Å². The molecule has 1 rings (SSSR count). The summed E-state index contributed by atoms with van der Waals surface area (Å²) in [6.07, 6.45) is 23.4. The first-order valence-electron chi connectivity index (χ1n) is 13.0. The van der Waals surface area contributed by atoms with Crippen LogP contribution in [-0.4, -0.2) is 27.6 Å². The number of carbonyl (C=O) groups excluding carboxylic acids is 1. The lowest BCUT2D eigenvalue weighted by Crippen LogP contribution is -2.03. The van der Waals surface area contributed by atoms with E-state index in [0.717, 1.165) is 24.7 Å². The van der Waals surface area contributed by atoms with Crippen LogP contribution in [0.2, 0.25) is 0 Å². The third kappa shape index (κ3) is 10.7. The van der Waals surface area contributed by atoms with Gasteiger partial charge >= 0.3 is 0 Å². The molecule has 4 nitrogen and oxygen atoms in total. The van der Waals surface area contributed by atoms with Gasteiger partial charge in [-0.05, 0) is 18.9 Å². The van der Waals surface area contributed by atoms with Crippen molar-refractivity contribution in [1.29, 1.82) is 0 Å². The maximum Gasteiger partial charge on any atom is 0.171 e. The Morgan fingerprint density at radius 2 is 1.06 bits per heavy atom. The Hall–Kier alpha value is -1.71. The van der Waals surface area contributed by atoms with Crippen molar-refractivity contribution in [2.75, 3.05) is 21.3 Å². The Morgan fingerprint density at radius 3 is 1.44 bits per heavy atom. The van der Waals surface area contributed by atoms with E-state index in [1.165, 1.54) is 96.3 Å². The van der Waals surface area contributed by atoms with Crippen LogP contribution in [0.1, 0.15) is 126 Å². The molecule has 0 aliphatic carbocycles. The molecule has 0 heterocycles. The molecule has 184 valence electrons. The molecule has 1 aromatic carbocycles. The van der Waals surface area contributed by atoms with Crippen LogP contribution >= 0.6 is 0 Å². The number of hydrogen-bond acceptors (Lipinski definition) is 4. The van der Waals surface area contributed by atoms with Crippen molar-refractivity contribution in [2.45, 2.75) is 116 Å². The molecule has 32 heavy (non-hydrogen) atoms. The van der Waals surface area contributed by atoms with E-state index in [9.17, 15) is 4.79 Å². The van der Waals surface area contributed by atoms with E-state index in [1.807, 2.05) is 0 Å². The average molecular weight is 449 g/mol. The van der Waals surface area contributed by atoms with Gasteiger partial charge in [-0.1, -0.05) is 103 Å². The monoisotopic (exact) mass is 448 g/mol.